The number of ether oxygens (including phenoxy) is 1. The first-order valence-corrected chi connectivity index (χ1v) is 9.72. The first-order valence-electron chi connectivity index (χ1n) is 8.55. The summed E-state index contributed by atoms with van der Waals surface area (Å²) < 4.78 is 5.66. The minimum atomic E-state index is -0.820. The van der Waals surface area contributed by atoms with Crippen molar-refractivity contribution in [2.45, 2.75) is 38.6 Å². The van der Waals surface area contributed by atoms with Crippen molar-refractivity contribution in [1.29, 1.82) is 0 Å². The molecule has 0 aliphatic rings. The summed E-state index contributed by atoms with van der Waals surface area (Å²) in [5.41, 5.74) is 2.43. The molecule has 4 nitrogen and oxygen atoms in total. The maximum atomic E-state index is 12.6. The number of halogens is 2. The standard InChI is InChI=1S/C21H23BrClNO3/c1-21(2,3)15-7-5-13(6-8-15)19(25)24-18(20(26)27-4)12-14-11-16(23)9-10-17(14)22/h5-11,18H,12H2,1-4H3,(H,24,25)/t18-/m1/s1. The van der Waals surface area contributed by atoms with Crippen LogP contribution in [0.1, 0.15) is 42.3 Å². The maximum absolute atomic E-state index is 12.6. The number of hydrogen-bond donors (Lipinski definition) is 1. The number of rotatable bonds is 5. The van der Waals surface area contributed by atoms with Gasteiger partial charge in [-0.1, -0.05) is 60.4 Å². The van der Waals surface area contributed by atoms with Crippen LogP contribution in [0.2, 0.25) is 5.02 Å². The van der Waals surface area contributed by atoms with Crippen LogP contribution in [0.25, 0.3) is 0 Å². The highest BCUT2D eigenvalue weighted by molar-refractivity contribution is 9.10. The Kier molecular flexibility index (Phi) is 7.06. The van der Waals surface area contributed by atoms with Gasteiger partial charge in [0.15, 0.2) is 0 Å². The monoisotopic (exact) mass is 451 g/mol. The largest absolute Gasteiger partial charge is 0.467 e. The Hall–Kier alpha value is -1.85. The number of carbonyl (C=O) groups is 2. The zero-order valence-corrected chi connectivity index (χ0v) is 18.1. The van der Waals surface area contributed by atoms with E-state index in [2.05, 4.69) is 42.0 Å². The second-order valence-corrected chi connectivity index (χ2v) is 8.61. The molecular formula is C21H23BrClNO3. The molecule has 2 rings (SSSR count). The molecule has 0 aliphatic heterocycles. The first kappa shape index (κ1) is 21.5. The average molecular weight is 453 g/mol. The minimum Gasteiger partial charge on any atom is -0.467 e. The number of methoxy groups -OCH3 is 1. The molecule has 2 aromatic rings. The second-order valence-electron chi connectivity index (χ2n) is 7.32. The smallest absolute Gasteiger partial charge is 0.328 e. The molecule has 0 bridgehead atoms. The fourth-order valence-corrected chi connectivity index (χ4v) is 3.22. The predicted molar refractivity (Wildman–Crippen MR) is 111 cm³/mol. The zero-order valence-electron chi connectivity index (χ0n) is 15.8. The van der Waals surface area contributed by atoms with Gasteiger partial charge in [0.25, 0.3) is 5.91 Å². The van der Waals surface area contributed by atoms with E-state index in [9.17, 15) is 9.59 Å². The molecule has 0 saturated carbocycles. The summed E-state index contributed by atoms with van der Waals surface area (Å²) >= 11 is 9.49. The molecule has 2 aromatic carbocycles. The summed E-state index contributed by atoms with van der Waals surface area (Å²) in [4.78, 5) is 24.8. The Morgan fingerprint density at radius 1 is 1.15 bits per heavy atom. The Bertz CT molecular complexity index is 828. The van der Waals surface area contributed by atoms with E-state index in [4.69, 9.17) is 16.3 Å². The number of carbonyl (C=O) groups excluding carboxylic acids is 2. The molecule has 0 fully saturated rings. The molecule has 27 heavy (non-hydrogen) atoms. The van der Waals surface area contributed by atoms with Gasteiger partial charge in [-0.3, -0.25) is 4.79 Å². The van der Waals surface area contributed by atoms with Crippen LogP contribution >= 0.6 is 27.5 Å². The summed E-state index contributed by atoms with van der Waals surface area (Å²) in [6.45, 7) is 6.33. The van der Waals surface area contributed by atoms with Gasteiger partial charge in [-0.15, -0.1) is 0 Å². The van der Waals surface area contributed by atoms with Crippen LogP contribution < -0.4 is 5.32 Å². The Labute approximate surface area is 173 Å². The molecular weight excluding hydrogens is 430 g/mol. The molecule has 0 spiro atoms. The third-order valence-electron chi connectivity index (χ3n) is 4.24. The summed E-state index contributed by atoms with van der Waals surface area (Å²) in [5, 5.41) is 3.32. The fraction of sp³-hybridized carbons (Fsp3) is 0.333. The van der Waals surface area contributed by atoms with E-state index in [1.165, 1.54) is 7.11 Å². The van der Waals surface area contributed by atoms with Gasteiger partial charge >= 0.3 is 5.97 Å². The number of nitrogens with one attached hydrogen (secondary N) is 1. The van der Waals surface area contributed by atoms with Crippen LogP contribution in [0.15, 0.2) is 46.9 Å². The molecule has 0 aromatic heterocycles. The summed E-state index contributed by atoms with van der Waals surface area (Å²) in [6, 6.07) is 11.9. The molecule has 144 valence electrons. The van der Waals surface area contributed by atoms with Gasteiger partial charge in [0, 0.05) is 21.5 Å². The SMILES string of the molecule is COC(=O)[C@@H](Cc1cc(Cl)ccc1Br)NC(=O)c1ccc(C(C)(C)C)cc1. The Balaban J connectivity index is 2.19. The highest BCUT2D eigenvalue weighted by atomic mass is 79.9. The van der Waals surface area contributed by atoms with Gasteiger partial charge < -0.3 is 10.1 Å². The van der Waals surface area contributed by atoms with E-state index in [1.807, 2.05) is 12.1 Å². The quantitative estimate of drug-likeness (QED) is 0.656. The Morgan fingerprint density at radius 2 is 1.78 bits per heavy atom. The number of esters is 1. The van der Waals surface area contributed by atoms with Crippen LogP contribution in [-0.2, 0) is 21.4 Å². The molecule has 0 saturated heterocycles. The maximum Gasteiger partial charge on any atom is 0.328 e. The fourth-order valence-electron chi connectivity index (χ4n) is 2.62. The molecule has 1 atom stereocenters. The summed E-state index contributed by atoms with van der Waals surface area (Å²) in [5.74, 6) is -0.842. The van der Waals surface area contributed by atoms with Gasteiger partial charge in [0.2, 0.25) is 0 Å². The normalized spacial score (nSPS) is 12.4. The Morgan fingerprint density at radius 3 is 2.33 bits per heavy atom. The van der Waals surface area contributed by atoms with Crippen molar-refractivity contribution in [3.05, 3.63) is 68.7 Å². The lowest BCUT2D eigenvalue weighted by molar-refractivity contribution is -0.142. The lowest BCUT2D eigenvalue weighted by Gasteiger charge is -2.20. The second kappa shape index (κ2) is 8.89. The van der Waals surface area contributed by atoms with Crippen molar-refractivity contribution in [1.82, 2.24) is 5.32 Å². The highest BCUT2D eigenvalue weighted by Crippen LogP contribution is 2.24. The highest BCUT2D eigenvalue weighted by Gasteiger charge is 2.24. The van der Waals surface area contributed by atoms with E-state index < -0.39 is 12.0 Å². The van der Waals surface area contributed by atoms with Crippen LogP contribution in [0, 0.1) is 0 Å². The summed E-state index contributed by atoms with van der Waals surface area (Å²) in [7, 11) is 1.30. The predicted octanol–water partition coefficient (Wildman–Crippen LogP) is 4.91. The van der Waals surface area contributed by atoms with Gasteiger partial charge in [-0.2, -0.15) is 0 Å². The van der Waals surface area contributed by atoms with Gasteiger partial charge in [0.05, 0.1) is 7.11 Å². The van der Waals surface area contributed by atoms with Gasteiger partial charge in [-0.25, -0.2) is 4.79 Å². The van der Waals surface area contributed by atoms with Crippen molar-refractivity contribution in [3.8, 4) is 0 Å². The minimum absolute atomic E-state index is 0.00239. The molecule has 0 radical (unpaired) electrons. The number of amides is 1. The summed E-state index contributed by atoms with van der Waals surface area (Å²) in [6.07, 6.45) is 0.264. The molecule has 1 amide bonds. The third-order valence-corrected chi connectivity index (χ3v) is 5.24. The van der Waals surface area contributed by atoms with Crippen LogP contribution in [0.3, 0.4) is 0 Å². The first-order chi connectivity index (χ1) is 12.6. The van der Waals surface area contributed by atoms with E-state index in [0.29, 0.717) is 10.6 Å². The van der Waals surface area contributed by atoms with Crippen LogP contribution in [0.4, 0.5) is 0 Å². The van der Waals surface area contributed by atoms with Crippen LogP contribution in [-0.4, -0.2) is 25.0 Å². The van der Waals surface area contributed by atoms with E-state index in [1.54, 1.807) is 30.3 Å². The number of hydrogen-bond acceptors (Lipinski definition) is 3. The molecule has 0 unspecified atom stereocenters. The lowest BCUT2D eigenvalue weighted by atomic mass is 9.86. The van der Waals surface area contributed by atoms with Crippen molar-refractivity contribution < 1.29 is 14.3 Å². The van der Waals surface area contributed by atoms with Gasteiger partial charge in [-0.05, 0) is 46.9 Å². The van der Waals surface area contributed by atoms with E-state index in [0.717, 1.165) is 15.6 Å². The molecule has 1 N–H and O–H groups in total. The van der Waals surface area contributed by atoms with E-state index in [-0.39, 0.29) is 17.7 Å². The average Bonchev–Trinajstić information content (AvgIpc) is 2.62. The van der Waals surface area contributed by atoms with Gasteiger partial charge in [0.1, 0.15) is 6.04 Å². The van der Waals surface area contributed by atoms with Crippen molar-refractivity contribution in [3.63, 3.8) is 0 Å². The lowest BCUT2D eigenvalue weighted by Crippen LogP contribution is -2.43. The number of benzene rings is 2. The third kappa shape index (κ3) is 5.81. The van der Waals surface area contributed by atoms with Crippen molar-refractivity contribution in [2.24, 2.45) is 0 Å². The molecule has 6 heteroatoms. The van der Waals surface area contributed by atoms with Crippen molar-refractivity contribution in [2.75, 3.05) is 7.11 Å². The molecule has 0 heterocycles. The topological polar surface area (TPSA) is 55.4 Å². The molecule has 0 aliphatic carbocycles. The zero-order chi connectivity index (χ0) is 20.2. The van der Waals surface area contributed by atoms with Crippen LogP contribution in [0.5, 0.6) is 0 Å². The van der Waals surface area contributed by atoms with Crippen molar-refractivity contribution >= 4 is 39.4 Å². The van der Waals surface area contributed by atoms with E-state index >= 15 is 0 Å².